The SMILES string of the molecule is CC(C)[C@H](N)CN1CCN(C)CC1. The molecule has 0 aliphatic carbocycles. The average Bonchev–Trinajstić information content (AvgIpc) is 2.08. The Morgan fingerprint density at radius 1 is 1.15 bits per heavy atom. The lowest BCUT2D eigenvalue weighted by Crippen LogP contribution is -2.49. The minimum absolute atomic E-state index is 0.336. The van der Waals surface area contributed by atoms with Crippen LogP contribution in [0.25, 0.3) is 0 Å². The van der Waals surface area contributed by atoms with Crippen molar-refractivity contribution < 1.29 is 0 Å². The number of nitrogens with zero attached hydrogens (tertiary/aromatic N) is 2. The van der Waals surface area contributed by atoms with Gasteiger partial charge in [-0.1, -0.05) is 13.8 Å². The minimum Gasteiger partial charge on any atom is -0.326 e. The van der Waals surface area contributed by atoms with Crippen LogP contribution in [-0.4, -0.2) is 55.6 Å². The van der Waals surface area contributed by atoms with Gasteiger partial charge in [0.05, 0.1) is 0 Å². The summed E-state index contributed by atoms with van der Waals surface area (Å²) in [6.07, 6.45) is 0. The van der Waals surface area contributed by atoms with Crippen molar-refractivity contribution in [3.63, 3.8) is 0 Å². The van der Waals surface area contributed by atoms with Crippen molar-refractivity contribution in [2.45, 2.75) is 19.9 Å². The first-order valence-corrected chi connectivity index (χ1v) is 5.26. The number of hydrogen-bond acceptors (Lipinski definition) is 3. The first kappa shape index (κ1) is 11.0. The number of nitrogens with two attached hydrogens (primary N) is 1. The highest BCUT2D eigenvalue weighted by molar-refractivity contribution is 4.75. The highest BCUT2D eigenvalue weighted by Gasteiger charge is 2.17. The molecular formula is C10H23N3. The zero-order valence-electron chi connectivity index (χ0n) is 9.16. The van der Waals surface area contributed by atoms with Crippen LogP contribution < -0.4 is 5.73 Å². The highest BCUT2D eigenvalue weighted by Crippen LogP contribution is 2.04. The van der Waals surface area contributed by atoms with Gasteiger partial charge in [0.15, 0.2) is 0 Å². The maximum Gasteiger partial charge on any atom is 0.0191 e. The molecule has 0 amide bonds. The van der Waals surface area contributed by atoms with E-state index in [1.165, 1.54) is 26.2 Å². The summed E-state index contributed by atoms with van der Waals surface area (Å²) >= 11 is 0. The van der Waals surface area contributed by atoms with E-state index >= 15 is 0 Å². The molecule has 3 nitrogen and oxygen atoms in total. The molecule has 0 spiro atoms. The number of piperazine rings is 1. The summed E-state index contributed by atoms with van der Waals surface area (Å²) in [6.45, 7) is 10.2. The standard InChI is InChI=1S/C10H23N3/c1-9(2)10(11)8-13-6-4-12(3)5-7-13/h9-10H,4-8,11H2,1-3H3/t10-/m1/s1. The van der Waals surface area contributed by atoms with Gasteiger partial charge in [0.2, 0.25) is 0 Å². The molecule has 13 heavy (non-hydrogen) atoms. The van der Waals surface area contributed by atoms with Gasteiger partial charge in [-0.15, -0.1) is 0 Å². The molecule has 1 aliphatic rings. The van der Waals surface area contributed by atoms with Gasteiger partial charge in [-0.3, -0.25) is 4.90 Å². The molecule has 1 saturated heterocycles. The maximum atomic E-state index is 6.03. The molecule has 1 heterocycles. The minimum atomic E-state index is 0.336. The molecule has 78 valence electrons. The van der Waals surface area contributed by atoms with Crippen molar-refractivity contribution in [3.05, 3.63) is 0 Å². The van der Waals surface area contributed by atoms with E-state index in [-0.39, 0.29) is 0 Å². The van der Waals surface area contributed by atoms with Crippen LogP contribution in [0.4, 0.5) is 0 Å². The first-order valence-electron chi connectivity index (χ1n) is 5.26. The van der Waals surface area contributed by atoms with E-state index in [0.717, 1.165) is 6.54 Å². The Morgan fingerprint density at radius 3 is 2.15 bits per heavy atom. The second kappa shape index (κ2) is 4.94. The zero-order chi connectivity index (χ0) is 9.84. The fourth-order valence-corrected chi connectivity index (χ4v) is 1.54. The Morgan fingerprint density at radius 2 is 1.69 bits per heavy atom. The van der Waals surface area contributed by atoms with Crippen LogP contribution in [0.5, 0.6) is 0 Å². The van der Waals surface area contributed by atoms with Crippen LogP contribution in [0.2, 0.25) is 0 Å². The van der Waals surface area contributed by atoms with Gasteiger partial charge < -0.3 is 10.6 Å². The molecule has 0 aromatic rings. The molecule has 0 aromatic heterocycles. The van der Waals surface area contributed by atoms with Crippen LogP contribution in [0.1, 0.15) is 13.8 Å². The molecule has 1 fully saturated rings. The Hall–Kier alpha value is -0.120. The van der Waals surface area contributed by atoms with Crippen molar-refractivity contribution in [1.82, 2.24) is 9.80 Å². The molecule has 0 radical (unpaired) electrons. The fraction of sp³-hybridized carbons (Fsp3) is 1.00. The van der Waals surface area contributed by atoms with Crippen LogP contribution in [0.15, 0.2) is 0 Å². The van der Waals surface area contributed by atoms with E-state index in [9.17, 15) is 0 Å². The van der Waals surface area contributed by atoms with Gasteiger partial charge >= 0.3 is 0 Å². The van der Waals surface area contributed by atoms with Crippen LogP contribution in [0, 0.1) is 5.92 Å². The maximum absolute atomic E-state index is 6.03. The monoisotopic (exact) mass is 185 g/mol. The summed E-state index contributed by atoms with van der Waals surface area (Å²) in [5.74, 6) is 0.597. The molecule has 0 saturated carbocycles. The number of hydrogen-bond donors (Lipinski definition) is 1. The Kier molecular flexibility index (Phi) is 4.16. The topological polar surface area (TPSA) is 32.5 Å². The van der Waals surface area contributed by atoms with Crippen LogP contribution >= 0.6 is 0 Å². The Labute approximate surface area is 81.9 Å². The summed E-state index contributed by atoms with van der Waals surface area (Å²) in [7, 11) is 2.18. The largest absolute Gasteiger partial charge is 0.326 e. The van der Waals surface area contributed by atoms with Crippen molar-refractivity contribution in [2.24, 2.45) is 11.7 Å². The third-order valence-electron chi connectivity index (χ3n) is 2.92. The predicted molar refractivity (Wildman–Crippen MR) is 56.8 cm³/mol. The second-order valence-corrected chi connectivity index (χ2v) is 4.51. The first-order chi connectivity index (χ1) is 6.09. The van der Waals surface area contributed by atoms with E-state index in [0.29, 0.717) is 12.0 Å². The third kappa shape index (κ3) is 3.63. The molecule has 2 N–H and O–H groups in total. The van der Waals surface area contributed by atoms with E-state index in [4.69, 9.17) is 5.73 Å². The van der Waals surface area contributed by atoms with Crippen molar-refractivity contribution in [3.8, 4) is 0 Å². The summed E-state index contributed by atoms with van der Waals surface area (Å²) in [5.41, 5.74) is 6.03. The Bertz CT molecular complexity index is 139. The van der Waals surface area contributed by atoms with E-state index < -0.39 is 0 Å². The molecule has 1 aliphatic heterocycles. The molecule has 1 atom stereocenters. The summed E-state index contributed by atoms with van der Waals surface area (Å²) in [6, 6.07) is 0.336. The molecule has 0 bridgehead atoms. The molecule has 3 heteroatoms. The highest BCUT2D eigenvalue weighted by atomic mass is 15.2. The van der Waals surface area contributed by atoms with Gasteiger partial charge in [0.1, 0.15) is 0 Å². The third-order valence-corrected chi connectivity index (χ3v) is 2.92. The van der Waals surface area contributed by atoms with Crippen molar-refractivity contribution in [1.29, 1.82) is 0 Å². The fourth-order valence-electron chi connectivity index (χ4n) is 1.54. The number of likely N-dealkylation sites (N-methyl/N-ethyl adjacent to an activating group) is 1. The normalized spacial score (nSPS) is 23.8. The van der Waals surface area contributed by atoms with Gasteiger partial charge in [0.25, 0.3) is 0 Å². The van der Waals surface area contributed by atoms with E-state index in [1.54, 1.807) is 0 Å². The van der Waals surface area contributed by atoms with E-state index in [1.807, 2.05) is 0 Å². The average molecular weight is 185 g/mol. The Balaban J connectivity index is 2.22. The summed E-state index contributed by atoms with van der Waals surface area (Å²) in [4.78, 5) is 4.85. The van der Waals surface area contributed by atoms with Crippen molar-refractivity contribution in [2.75, 3.05) is 39.8 Å². The zero-order valence-corrected chi connectivity index (χ0v) is 9.16. The lowest BCUT2D eigenvalue weighted by molar-refractivity contribution is 0.141. The van der Waals surface area contributed by atoms with Gasteiger partial charge in [0, 0.05) is 38.8 Å². The van der Waals surface area contributed by atoms with Gasteiger partial charge in [-0.2, -0.15) is 0 Å². The smallest absolute Gasteiger partial charge is 0.0191 e. The van der Waals surface area contributed by atoms with Crippen LogP contribution in [0.3, 0.4) is 0 Å². The number of rotatable bonds is 3. The van der Waals surface area contributed by atoms with Crippen LogP contribution in [-0.2, 0) is 0 Å². The molecular weight excluding hydrogens is 162 g/mol. The van der Waals surface area contributed by atoms with Gasteiger partial charge in [-0.05, 0) is 13.0 Å². The summed E-state index contributed by atoms with van der Waals surface area (Å²) < 4.78 is 0. The second-order valence-electron chi connectivity index (χ2n) is 4.51. The summed E-state index contributed by atoms with van der Waals surface area (Å²) in [5, 5.41) is 0. The predicted octanol–water partition coefficient (Wildman–Crippen LogP) is 0.217. The van der Waals surface area contributed by atoms with E-state index in [2.05, 4.69) is 30.7 Å². The molecule has 1 rings (SSSR count). The quantitative estimate of drug-likeness (QED) is 0.682. The lowest BCUT2D eigenvalue weighted by Gasteiger charge is -2.34. The van der Waals surface area contributed by atoms with Gasteiger partial charge in [-0.25, -0.2) is 0 Å². The van der Waals surface area contributed by atoms with Crippen molar-refractivity contribution >= 4 is 0 Å². The lowest BCUT2D eigenvalue weighted by atomic mass is 10.0. The molecule has 0 unspecified atom stereocenters. The molecule has 0 aromatic carbocycles.